The van der Waals surface area contributed by atoms with Gasteiger partial charge in [0.25, 0.3) is 0 Å². The second-order valence-corrected chi connectivity index (χ2v) is 8.45. The van der Waals surface area contributed by atoms with Crippen LogP contribution < -0.4 is 5.73 Å². The van der Waals surface area contributed by atoms with Gasteiger partial charge in [0.15, 0.2) is 5.82 Å². The number of anilines is 1. The molecule has 0 unspecified atom stereocenters. The van der Waals surface area contributed by atoms with Crippen molar-refractivity contribution in [1.29, 1.82) is 0 Å². The van der Waals surface area contributed by atoms with Crippen molar-refractivity contribution in [3.05, 3.63) is 45.8 Å². The summed E-state index contributed by atoms with van der Waals surface area (Å²) in [6.07, 6.45) is 3.88. The van der Waals surface area contributed by atoms with Gasteiger partial charge in [-0.25, -0.2) is 9.97 Å². The molecule has 3 rings (SSSR count). The molecule has 0 amide bonds. The summed E-state index contributed by atoms with van der Waals surface area (Å²) < 4.78 is 7.82. The summed E-state index contributed by atoms with van der Waals surface area (Å²) in [5.41, 5.74) is 8.93. The van der Waals surface area contributed by atoms with Crippen molar-refractivity contribution in [3.63, 3.8) is 0 Å². The van der Waals surface area contributed by atoms with Crippen LogP contribution in [0.15, 0.2) is 29.3 Å². The third-order valence-corrected chi connectivity index (χ3v) is 6.24. The molecule has 28 heavy (non-hydrogen) atoms. The Morgan fingerprint density at radius 3 is 2.82 bits per heavy atom. The van der Waals surface area contributed by atoms with Gasteiger partial charge in [-0.3, -0.25) is 0 Å². The number of fused-ring (bicyclic) bond motifs is 1. The Labute approximate surface area is 179 Å². The zero-order valence-corrected chi connectivity index (χ0v) is 18.4. The highest BCUT2D eigenvalue weighted by Gasteiger charge is 2.15. The highest BCUT2D eigenvalue weighted by Crippen LogP contribution is 2.30. The molecule has 3 aromatic rings. The number of pyridine rings is 1. The maximum atomic E-state index is 6.24. The molecule has 0 aliphatic rings. The fourth-order valence-electron chi connectivity index (χ4n) is 3.06. The van der Waals surface area contributed by atoms with Crippen LogP contribution in [-0.2, 0) is 17.9 Å². The van der Waals surface area contributed by atoms with Gasteiger partial charge in [0.2, 0.25) is 0 Å². The van der Waals surface area contributed by atoms with Crippen molar-refractivity contribution >= 4 is 51.8 Å². The van der Waals surface area contributed by atoms with E-state index in [9.17, 15) is 0 Å². The van der Waals surface area contributed by atoms with Crippen LogP contribution in [0.3, 0.4) is 0 Å². The van der Waals surface area contributed by atoms with Crippen LogP contribution >= 0.6 is 35.0 Å². The van der Waals surface area contributed by atoms with Crippen molar-refractivity contribution in [3.8, 4) is 0 Å². The lowest BCUT2D eigenvalue weighted by Gasteiger charge is -2.11. The fourth-order valence-corrected chi connectivity index (χ4v) is 4.56. The number of unbranched alkanes of at least 4 members (excludes halogenated alkanes) is 1. The van der Waals surface area contributed by atoms with E-state index in [-0.39, 0.29) is 0 Å². The van der Waals surface area contributed by atoms with Crippen LogP contribution in [0.1, 0.15) is 31.2 Å². The summed E-state index contributed by atoms with van der Waals surface area (Å²) in [4.78, 5) is 9.99. The first-order chi connectivity index (χ1) is 13.5. The first-order valence-electron chi connectivity index (χ1n) is 9.27. The summed E-state index contributed by atoms with van der Waals surface area (Å²) in [7, 11) is 0. The number of thioether (sulfide) groups is 1. The first kappa shape index (κ1) is 21.2. The Hall–Kier alpha value is -1.47. The number of nitrogen functional groups attached to an aromatic ring is 1. The first-order valence-corrected chi connectivity index (χ1v) is 11.0. The Kier molecular flexibility index (Phi) is 7.46. The monoisotopic (exact) mass is 438 g/mol. The van der Waals surface area contributed by atoms with E-state index in [1.165, 1.54) is 0 Å². The average molecular weight is 439 g/mol. The van der Waals surface area contributed by atoms with Crippen molar-refractivity contribution in [2.45, 2.75) is 44.7 Å². The smallest absolute Gasteiger partial charge is 0.151 e. The van der Waals surface area contributed by atoms with Crippen molar-refractivity contribution in [2.24, 2.45) is 0 Å². The maximum Gasteiger partial charge on any atom is 0.151 e. The van der Waals surface area contributed by atoms with Crippen LogP contribution in [0, 0.1) is 6.92 Å². The van der Waals surface area contributed by atoms with Gasteiger partial charge < -0.3 is 15.0 Å². The number of aromatic nitrogens is 3. The van der Waals surface area contributed by atoms with Gasteiger partial charge in [-0.15, -0.1) is 11.8 Å². The standard InChI is InChI=1S/C20H24Cl2N4OS/c1-3-27-12-17-25-18-19(13(2)11-24-20(18)23)26(17)8-4-5-9-28-16-7-6-14(21)10-15(16)22/h6-7,10-11H,3-5,8-9,12H2,1-2H3,(H2,23,24). The molecule has 8 heteroatoms. The van der Waals surface area contributed by atoms with Gasteiger partial charge in [0.05, 0.1) is 10.5 Å². The lowest BCUT2D eigenvalue weighted by Crippen LogP contribution is -2.07. The van der Waals surface area contributed by atoms with Gasteiger partial charge in [-0.2, -0.15) is 0 Å². The molecule has 0 spiro atoms. The fraction of sp³-hybridized carbons (Fsp3) is 0.400. The topological polar surface area (TPSA) is 66.0 Å². The molecule has 0 radical (unpaired) electrons. The SMILES string of the molecule is CCOCc1nc2c(N)ncc(C)c2n1CCCCSc1ccc(Cl)cc1Cl. The summed E-state index contributed by atoms with van der Waals surface area (Å²) in [6.45, 7) is 5.99. The van der Waals surface area contributed by atoms with E-state index >= 15 is 0 Å². The Morgan fingerprint density at radius 1 is 1.25 bits per heavy atom. The minimum Gasteiger partial charge on any atom is -0.382 e. The summed E-state index contributed by atoms with van der Waals surface area (Å²) in [5.74, 6) is 2.34. The van der Waals surface area contributed by atoms with E-state index < -0.39 is 0 Å². The molecular weight excluding hydrogens is 415 g/mol. The molecule has 2 aromatic heterocycles. The summed E-state index contributed by atoms with van der Waals surface area (Å²) in [6, 6.07) is 5.62. The highest BCUT2D eigenvalue weighted by molar-refractivity contribution is 7.99. The Bertz CT molecular complexity index is 961. The molecule has 2 N–H and O–H groups in total. The van der Waals surface area contributed by atoms with E-state index in [1.807, 2.05) is 26.0 Å². The van der Waals surface area contributed by atoms with Crippen LogP contribution in [0.2, 0.25) is 10.0 Å². The second-order valence-electron chi connectivity index (χ2n) is 6.47. The molecule has 0 fully saturated rings. The second kappa shape index (κ2) is 9.83. The Morgan fingerprint density at radius 2 is 2.07 bits per heavy atom. The number of hydrogen-bond acceptors (Lipinski definition) is 5. The highest BCUT2D eigenvalue weighted by atomic mass is 35.5. The zero-order valence-electron chi connectivity index (χ0n) is 16.0. The molecule has 0 bridgehead atoms. The minimum absolute atomic E-state index is 0.463. The van der Waals surface area contributed by atoms with Crippen molar-refractivity contribution in [2.75, 3.05) is 18.1 Å². The Balaban J connectivity index is 1.66. The molecule has 150 valence electrons. The number of aryl methyl sites for hydroxylation is 2. The average Bonchev–Trinajstić information content (AvgIpc) is 3.04. The molecule has 0 saturated carbocycles. The van der Waals surface area contributed by atoms with E-state index in [4.69, 9.17) is 38.7 Å². The molecule has 5 nitrogen and oxygen atoms in total. The summed E-state index contributed by atoms with van der Waals surface area (Å²) >= 11 is 13.9. The van der Waals surface area contributed by atoms with E-state index in [0.29, 0.717) is 29.1 Å². The number of nitrogens with two attached hydrogens (primary N) is 1. The predicted molar refractivity (Wildman–Crippen MR) is 118 cm³/mol. The third-order valence-electron chi connectivity index (χ3n) is 4.42. The van der Waals surface area contributed by atoms with Gasteiger partial charge in [-0.05, 0) is 56.2 Å². The molecule has 2 heterocycles. The number of nitrogens with zero attached hydrogens (tertiary/aromatic N) is 3. The zero-order chi connectivity index (χ0) is 20.1. The third kappa shape index (κ3) is 4.92. The molecule has 0 atom stereocenters. The molecule has 0 aliphatic heterocycles. The normalized spacial score (nSPS) is 11.4. The number of halogens is 2. The van der Waals surface area contributed by atoms with Crippen molar-refractivity contribution in [1.82, 2.24) is 14.5 Å². The molecule has 1 aromatic carbocycles. The van der Waals surface area contributed by atoms with Crippen LogP contribution in [-0.4, -0.2) is 26.9 Å². The number of benzene rings is 1. The van der Waals surface area contributed by atoms with E-state index in [2.05, 4.69) is 9.55 Å². The molecular formula is C20H24Cl2N4OS. The van der Waals surface area contributed by atoms with Gasteiger partial charge in [0, 0.05) is 29.3 Å². The quantitative estimate of drug-likeness (QED) is 0.340. The number of ether oxygens (including phenoxy) is 1. The van der Waals surface area contributed by atoms with Crippen LogP contribution in [0.25, 0.3) is 11.0 Å². The van der Waals surface area contributed by atoms with Crippen molar-refractivity contribution < 1.29 is 4.74 Å². The number of imidazole rings is 1. The predicted octanol–water partition coefficient (Wildman–Crippen LogP) is 5.74. The van der Waals surface area contributed by atoms with Gasteiger partial charge in [0.1, 0.15) is 17.9 Å². The van der Waals surface area contributed by atoms with Crippen LogP contribution in [0.5, 0.6) is 0 Å². The largest absolute Gasteiger partial charge is 0.382 e. The number of rotatable bonds is 9. The van der Waals surface area contributed by atoms with Crippen LogP contribution in [0.4, 0.5) is 5.82 Å². The maximum absolute atomic E-state index is 6.24. The lowest BCUT2D eigenvalue weighted by molar-refractivity contribution is 0.126. The lowest BCUT2D eigenvalue weighted by atomic mass is 10.2. The van der Waals surface area contributed by atoms with E-state index in [0.717, 1.165) is 52.5 Å². The van der Waals surface area contributed by atoms with Gasteiger partial charge >= 0.3 is 0 Å². The minimum atomic E-state index is 0.463. The van der Waals surface area contributed by atoms with Gasteiger partial charge in [-0.1, -0.05) is 23.2 Å². The number of hydrogen-bond donors (Lipinski definition) is 1. The molecule has 0 aliphatic carbocycles. The molecule has 0 saturated heterocycles. The van der Waals surface area contributed by atoms with E-state index in [1.54, 1.807) is 24.0 Å². The summed E-state index contributed by atoms with van der Waals surface area (Å²) in [5, 5.41) is 1.36.